The quantitative estimate of drug-likeness (QED) is 0.813. The fraction of sp³-hybridized carbons (Fsp3) is 0.435. The number of aromatic nitrogens is 1. The van der Waals surface area contributed by atoms with Crippen LogP contribution in [0.1, 0.15) is 49.1 Å². The molecule has 0 radical (unpaired) electrons. The highest BCUT2D eigenvalue weighted by molar-refractivity contribution is 5.90. The lowest BCUT2D eigenvalue weighted by Gasteiger charge is -2.40. The molecule has 1 aromatic carbocycles. The van der Waals surface area contributed by atoms with Gasteiger partial charge in [-0.15, -0.1) is 0 Å². The number of unbranched alkanes of at least 4 members (excludes halogenated alkanes) is 1. The van der Waals surface area contributed by atoms with Gasteiger partial charge in [0.05, 0.1) is 0 Å². The van der Waals surface area contributed by atoms with Gasteiger partial charge in [0, 0.05) is 62.5 Å². The summed E-state index contributed by atoms with van der Waals surface area (Å²) in [5.74, 6) is 1.05. The first-order chi connectivity index (χ1) is 14.1. The number of carbonyl (C=O) groups excluding carboxylic acids is 2. The van der Waals surface area contributed by atoms with Crippen LogP contribution in [0.15, 0.2) is 48.8 Å². The summed E-state index contributed by atoms with van der Waals surface area (Å²) in [4.78, 5) is 32.3. The van der Waals surface area contributed by atoms with Gasteiger partial charge in [0.15, 0.2) is 0 Å². The Morgan fingerprint density at radius 3 is 2.34 bits per heavy atom. The van der Waals surface area contributed by atoms with E-state index in [1.54, 1.807) is 6.20 Å². The van der Waals surface area contributed by atoms with E-state index in [-0.39, 0.29) is 11.9 Å². The van der Waals surface area contributed by atoms with Gasteiger partial charge in [0.1, 0.15) is 0 Å². The zero-order valence-corrected chi connectivity index (χ0v) is 16.9. The molecule has 2 aliphatic rings. The van der Waals surface area contributed by atoms with Crippen molar-refractivity contribution in [2.45, 2.75) is 38.0 Å². The van der Waals surface area contributed by atoms with Crippen LogP contribution in [0.25, 0.3) is 0 Å². The van der Waals surface area contributed by atoms with Crippen LogP contribution in [0.2, 0.25) is 0 Å². The van der Waals surface area contributed by atoms with E-state index in [1.165, 1.54) is 11.1 Å². The summed E-state index contributed by atoms with van der Waals surface area (Å²) in [6, 6.07) is 12.0. The Morgan fingerprint density at radius 1 is 1.00 bits per heavy atom. The molecular formula is C23H28N4O2. The van der Waals surface area contributed by atoms with Crippen LogP contribution in [0, 0.1) is 0 Å². The number of hydrogen-bond donors (Lipinski definition) is 1. The van der Waals surface area contributed by atoms with Gasteiger partial charge in [-0.3, -0.25) is 9.78 Å². The third-order valence-corrected chi connectivity index (χ3v) is 5.94. The molecule has 2 aromatic rings. The lowest BCUT2D eigenvalue weighted by molar-refractivity contribution is -0.135. The second kappa shape index (κ2) is 8.64. The molecule has 29 heavy (non-hydrogen) atoms. The van der Waals surface area contributed by atoms with Gasteiger partial charge in [-0.1, -0.05) is 31.5 Å². The molecule has 152 valence electrons. The summed E-state index contributed by atoms with van der Waals surface area (Å²) >= 11 is 0. The minimum absolute atomic E-state index is 0.0609. The molecule has 4 rings (SSSR count). The van der Waals surface area contributed by atoms with Gasteiger partial charge < -0.3 is 15.1 Å². The molecule has 0 spiro atoms. The number of hydrogen-bond acceptors (Lipinski definition) is 3. The fourth-order valence-electron chi connectivity index (χ4n) is 3.89. The molecule has 2 aliphatic heterocycles. The van der Waals surface area contributed by atoms with E-state index >= 15 is 0 Å². The van der Waals surface area contributed by atoms with Gasteiger partial charge in [-0.05, 0) is 35.7 Å². The molecule has 0 aliphatic carbocycles. The van der Waals surface area contributed by atoms with Gasteiger partial charge in [-0.2, -0.15) is 0 Å². The maximum absolute atomic E-state index is 12.4. The number of nitrogens with one attached hydrogen (secondary N) is 1. The molecule has 0 saturated carbocycles. The summed E-state index contributed by atoms with van der Waals surface area (Å²) in [6.07, 6.45) is 6.32. The van der Waals surface area contributed by atoms with E-state index in [4.69, 9.17) is 0 Å². The van der Waals surface area contributed by atoms with Crippen LogP contribution in [0.3, 0.4) is 0 Å². The second-order valence-electron chi connectivity index (χ2n) is 8.04. The van der Waals surface area contributed by atoms with Crippen molar-refractivity contribution >= 4 is 17.6 Å². The van der Waals surface area contributed by atoms with E-state index in [0.29, 0.717) is 18.3 Å². The van der Waals surface area contributed by atoms with Crippen LogP contribution in [0.4, 0.5) is 10.5 Å². The van der Waals surface area contributed by atoms with Gasteiger partial charge in [-0.25, -0.2) is 4.79 Å². The summed E-state index contributed by atoms with van der Waals surface area (Å²) in [5, 5.41) is 2.98. The number of likely N-dealkylation sites (tertiary alicyclic amines) is 2. The van der Waals surface area contributed by atoms with E-state index in [2.05, 4.69) is 35.4 Å². The summed E-state index contributed by atoms with van der Waals surface area (Å²) in [6.45, 7) is 5.16. The number of amides is 3. The normalized spacial score (nSPS) is 16.9. The lowest BCUT2D eigenvalue weighted by Crippen LogP contribution is -2.50. The van der Waals surface area contributed by atoms with E-state index in [1.807, 2.05) is 34.2 Å². The number of benzene rings is 1. The first-order valence-corrected chi connectivity index (χ1v) is 10.5. The largest absolute Gasteiger partial charge is 0.341 e. The molecule has 2 saturated heterocycles. The Bertz CT molecular complexity index is 841. The number of carbonyl (C=O) groups is 2. The van der Waals surface area contributed by atoms with Crippen molar-refractivity contribution in [1.29, 1.82) is 0 Å². The third kappa shape index (κ3) is 4.42. The number of anilines is 1. The first kappa shape index (κ1) is 19.4. The smallest absolute Gasteiger partial charge is 0.321 e. The zero-order valence-electron chi connectivity index (χ0n) is 16.9. The molecule has 0 unspecified atom stereocenters. The van der Waals surface area contributed by atoms with Crippen LogP contribution in [-0.2, 0) is 4.79 Å². The Kier molecular flexibility index (Phi) is 5.79. The molecule has 3 heterocycles. The van der Waals surface area contributed by atoms with E-state index in [0.717, 1.165) is 44.7 Å². The van der Waals surface area contributed by atoms with Gasteiger partial charge >= 0.3 is 6.03 Å². The number of rotatable bonds is 6. The topological polar surface area (TPSA) is 65.5 Å². The van der Waals surface area contributed by atoms with E-state index in [9.17, 15) is 9.59 Å². The number of pyridine rings is 1. The van der Waals surface area contributed by atoms with Crippen molar-refractivity contribution in [3.63, 3.8) is 0 Å². The predicted molar refractivity (Wildman–Crippen MR) is 113 cm³/mol. The fourth-order valence-corrected chi connectivity index (χ4v) is 3.89. The van der Waals surface area contributed by atoms with Crippen LogP contribution < -0.4 is 5.32 Å². The maximum atomic E-state index is 12.4. The highest BCUT2D eigenvalue weighted by Gasteiger charge is 2.32. The first-order valence-electron chi connectivity index (χ1n) is 10.5. The molecule has 1 N–H and O–H groups in total. The summed E-state index contributed by atoms with van der Waals surface area (Å²) in [7, 11) is 0. The molecule has 6 heteroatoms. The SMILES string of the molecule is CCCCC(=O)N1CC(c2ccc(NC(=O)N3CC(c4cccnc4)C3)cc2)C1. The Morgan fingerprint density at radius 2 is 1.69 bits per heavy atom. The van der Waals surface area contributed by atoms with Crippen LogP contribution in [-0.4, -0.2) is 52.9 Å². The standard InChI is InChI=1S/C23H28N4O2/c1-2-3-6-22(28)26-13-19(14-26)17-7-9-21(10-8-17)25-23(29)27-15-20(16-27)18-5-4-11-24-12-18/h4-5,7-12,19-20H,2-3,6,13-16H2,1H3,(H,25,29). The van der Waals surface area contributed by atoms with Crippen molar-refractivity contribution in [3.8, 4) is 0 Å². The minimum atomic E-state index is -0.0609. The predicted octanol–water partition coefficient (Wildman–Crippen LogP) is 3.83. The average Bonchev–Trinajstić information content (AvgIpc) is 2.66. The molecule has 1 aromatic heterocycles. The Hall–Kier alpha value is -2.89. The molecule has 0 bridgehead atoms. The highest BCUT2D eigenvalue weighted by Crippen LogP contribution is 2.29. The molecule has 6 nitrogen and oxygen atoms in total. The van der Waals surface area contributed by atoms with Crippen molar-refractivity contribution in [2.75, 3.05) is 31.5 Å². The Balaban J connectivity index is 1.22. The van der Waals surface area contributed by atoms with Crippen LogP contribution >= 0.6 is 0 Å². The van der Waals surface area contributed by atoms with Crippen LogP contribution in [0.5, 0.6) is 0 Å². The molecule has 0 atom stereocenters. The number of nitrogens with zero attached hydrogens (tertiary/aromatic N) is 3. The Labute approximate surface area is 171 Å². The third-order valence-electron chi connectivity index (χ3n) is 5.94. The molecule has 3 amide bonds. The maximum Gasteiger partial charge on any atom is 0.321 e. The van der Waals surface area contributed by atoms with Crippen molar-refractivity contribution in [1.82, 2.24) is 14.8 Å². The monoisotopic (exact) mass is 392 g/mol. The molecule has 2 fully saturated rings. The van der Waals surface area contributed by atoms with Crippen molar-refractivity contribution in [3.05, 3.63) is 59.9 Å². The van der Waals surface area contributed by atoms with Gasteiger partial charge in [0.25, 0.3) is 0 Å². The second-order valence-corrected chi connectivity index (χ2v) is 8.04. The minimum Gasteiger partial charge on any atom is -0.341 e. The highest BCUT2D eigenvalue weighted by atomic mass is 16.2. The molecular weight excluding hydrogens is 364 g/mol. The van der Waals surface area contributed by atoms with Crippen molar-refractivity contribution < 1.29 is 9.59 Å². The summed E-state index contributed by atoms with van der Waals surface area (Å²) in [5.41, 5.74) is 3.21. The zero-order chi connectivity index (χ0) is 20.2. The average molecular weight is 393 g/mol. The summed E-state index contributed by atoms with van der Waals surface area (Å²) < 4.78 is 0. The lowest BCUT2D eigenvalue weighted by atomic mass is 9.91. The van der Waals surface area contributed by atoms with Gasteiger partial charge in [0.2, 0.25) is 5.91 Å². The number of urea groups is 1. The van der Waals surface area contributed by atoms with E-state index < -0.39 is 0 Å². The van der Waals surface area contributed by atoms with Crippen molar-refractivity contribution in [2.24, 2.45) is 0 Å².